The van der Waals surface area contributed by atoms with E-state index in [-0.39, 0.29) is 0 Å². The standard InChI is InChI=1S/C18H31NO/c1-2-5-14(6-3-1)20-10-9-19-18-12-13-11-17(18)16-8-4-7-15(13)16/h13-19H,1-12H2. The summed E-state index contributed by atoms with van der Waals surface area (Å²) in [6.45, 7) is 2.02. The van der Waals surface area contributed by atoms with Gasteiger partial charge in [0.2, 0.25) is 0 Å². The molecule has 2 heteroatoms. The zero-order valence-corrected chi connectivity index (χ0v) is 12.9. The number of rotatable bonds is 5. The molecule has 4 saturated carbocycles. The fourth-order valence-corrected chi connectivity index (χ4v) is 6.00. The van der Waals surface area contributed by atoms with E-state index in [1.165, 1.54) is 57.8 Å². The van der Waals surface area contributed by atoms with Gasteiger partial charge >= 0.3 is 0 Å². The SMILES string of the molecule is C1CCC(OCCNC2CC3CC2C2CCCC32)CC1. The maximum Gasteiger partial charge on any atom is 0.0594 e. The molecule has 4 aliphatic rings. The van der Waals surface area contributed by atoms with E-state index in [9.17, 15) is 0 Å². The Balaban J connectivity index is 1.18. The van der Waals surface area contributed by atoms with E-state index in [2.05, 4.69) is 5.32 Å². The first-order chi connectivity index (χ1) is 9.92. The maximum absolute atomic E-state index is 6.05. The third-order valence-electron chi connectivity index (χ3n) is 6.84. The van der Waals surface area contributed by atoms with E-state index in [1.807, 2.05) is 0 Å². The Morgan fingerprint density at radius 2 is 1.65 bits per heavy atom. The smallest absolute Gasteiger partial charge is 0.0594 e. The van der Waals surface area contributed by atoms with Gasteiger partial charge in [-0.3, -0.25) is 0 Å². The quantitative estimate of drug-likeness (QED) is 0.773. The van der Waals surface area contributed by atoms with Crippen molar-refractivity contribution in [1.29, 1.82) is 0 Å². The monoisotopic (exact) mass is 277 g/mol. The van der Waals surface area contributed by atoms with Crippen molar-refractivity contribution >= 4 is 0 Å². The van der Waals surface area contributed by atoms with Crippen molar-refractivity contribution in [3.8, 4) is 0 Å². The second-order valence-electron chi connectivity index (χ2n) is 7.85. The Morgan fingerprint density at radius 3 is 2.55 bits per heavy atom. The molecule has 0 spiro atoms. The van der Waals surface area contributed by atoms with Crippen LogP contribution in [0.25, 0.3) is 0 Å². The van der Waals surface area contributed by atoms with Gasteiger partial charge in [-0.05, 0) is 62.2 Å². The lowest BCUT2D eigenvalue weighted by atomic mass is 9.79. The minimum Gasteiger partial charge on any atom is -0.377 e. The summed E-state index contributed by atoms with van der Waals surface area (Å²) in [4.78, 5) is 0. The molecular weight excluding hydrogens is 246 g/mol. The minimum absolute atomic E-state index is 0.574. The predicted octanol–water partition coefficient (Wildman–Crippen LogP) is 3.75. The first-order valence-electron chi connectivity index (χ1n) is 9.27. The minimum atomic E-state index is 0.574. The van der Waals surface area contributed by atoms with Gasteiger partial charge in [-0.15, -0.1) is 0 Å². The highest BCUT2D eigenvalue weighted by molar-refractivity contribution is 5.05. The first-order valence-corrected chi connectivity index (χ1v) is 9.27. The highest BCUT2D eigenvalue weighted by Gasteiger charge is 2.53. The van der Waals surface area contributed by atoms with Gasteiger partial charge in [0.25, 0.3) is 0 Å². The molecule has 4 fully saturated rings. The van der Waals surface area contributed by atoms with Gasteiger partial charge < -0.3 is 10.1 Å². The van der Waals surface area contributed by atoms with Crippen molar-refractivity contribution in [1.82, 2.24) is 5.32 Å². The van der Waals surface area contributed by atoms with Crippen molar-refractivity contribution in [3.63, 3.8) is 0 Å². The number of ether oxygens (including phenoxy) is 1. The van der Waals surface area contributed by atoms with E-state index in [0.29, 0.717) is 6.10 Å². The molecule has 0 radical (unpaired) electrons. The van der Waals surface area contributed by atoms with E-state index < -0.39 is 0 Å². The van der Waals surface area contributed by atoms with Crippen molar-refractivity contribution in [2.45, 2.75) is 76.4 Å². The molecule has 5 atom stereocenters. The topological polar surface area (TPSA) is 21.3 Å². The molecule has 1 N–H and O–H groups in total. The average molecular weight is 277 g/mol. The molecule has 114 valence electrons. The van der Waals surface area contributed by atoms with Crippen molar-refractivity contribution in [3.05, 3.63) is 0 Å². The highest BCUT2D eigenvalue weighted by Crippen LogP contribution is 2.58. The van der Waals surface area contributed by atoms with Crippen LogP contribution in [-0.4, -0.2) is 25.3 Å². The molecule has 2 nitrogen and oxygen atoms in total. The molecule has 0 aromatic rings. The van der Waals surface area contributed by atoms with Crippen LogP contribution in [0.4, 0.5) is 0 Å². The lowest BCUT2D eigenvalue weighted by Crippen LogP contribution is -2.41. The Morgan fingerprint density at radius 1 is 0.800 bits per heavy atom. The van der Waals surface area contributed by atoms with Gasteiger partial charge in [0.1, 0.15) is 0 Å². The van der Waals surface area contributed by atoms with E-state index in [0.717, 1.165) is 42.9 Å². The second kappa shape index (κ2) is 5.96. The number of nitrogens with one attached hydrogen (secondary N) is 1. The van der Waals surface area contributed by atoms with Crippen LogP contribution in [-0.2, 0) is 4.74 Å². The first kappa shape index (κ1) is 13.6. The summed E-state index contributed by atoms with van der Waals surface area (Å²) < 4.78 is 6.05. The van der Waals surface area contributed by atoms with Crippen LogP contribution in [0.15, 0.2) is 0 Å². The summed E-state index contributed by atoms with van der Waals surface area (Å²) in [5.41, 5.74) is 0. The van der Waals surface area contributed by atoms with Crippen LogP contribution < -0.4 is 5.32 Å². The summed E-state index contributed by atoms with van der Waals surface area (Å²) in [7, 11) is 0. The van der Waals surface area contributed by atoms with Crippen LogP contribution in [0, 0.1) is 23.7 Å². The zero-order valence-electron chi connectivity index (χ0n) is 12.9. The van der Waals surface area contributed by atoms with Gasteiger partial charge in [0, 0.05) is 12.6 Å². The highest BCUT2D eigenvalue weighted by atomic mass is 16.5. The summed E-state index contributed by atoms with van der Waals surface area (Å²) in [5.74, 6) is 4.30. The second-order valence-corrected chi connectivity index (χ2v) is 7.85. The third kappa shape index (κ3) is 2.54. The van der Waals surface area contributed by atoms with Gasteiger partial charge in [0.05, 0.1) is 12.7 Å². The summed E-state index contributed by atoms with van der Waals surface area (Å²) >= 11 is 0. The third-order valence-corrected chi connectivity index (χ3v) is 6.84. The van der Waals surface area contributed by atoms with E-state index >= 15 is 0 Å². The van der Waals surface area contributed by atoms with Crippen LogP contribution >= 0.6 is 0 Å². The maximum atomic E-state index is 6.05. The lowest BCUT2D eigenvalue weighted by Gasteiger charge is -2.32. The number of fused-ring (bicyclic) bond motifs is 5. The van der Waals surface area contributed by atoms with Gasteiger partial charge in [-0.25, -0.2) is 0 Å². The zero-order chi connectivity index (χ0) is 13.4. The van der Waals surface area contributed by atoms with Crippen LogP contribution in [0.5, 0.6) is 0 Å². The molecule has 4 rings (SSSR count). The number of hydrogen-bond acceptors (Lipinski definition) is 2. The summed E-state index contributed by atoms with van der Waals surface area (Å²) in [6, 6.07) is 0.828. The molecule has 0 aliphatic heterocycles. The van der Waals surface area contributed by atoms with Crippen molar-refractivity contribution in [2.75, 3.05) is 13.2 Å². The van der Waals surface area contributed by atoms with E-state index in [1.54, 1.807) is 6.42 Å². The van der Waals surface area contributed by atoms with Crippen molar-refractivity contribution in [2.24, 2.45) is 23.7 Å². The molecule has 0 heterocycles. The molecule has 0 amide bonds. The Kier molecular flexibility index (Phi) is 4.05. The molecule has 2 bridgehead atoms. The van der Waals surface area contributed by atoms with E-state index in [4.69, 9.17) is 4.74 Å². The summed E-state index contributed by atoms with van der Waals surface area (Å²) in [6.07, 6.45) is 15.0. The molecule has 4 aliphatic carbocycles. The Hall–Kier alpha value is -0.0800. The van der Waals surface area contributed by atoms with Crippen LogP contribution in [0.1, 0.15) is 64.2 Å². The Labute approximate surface area is 124 Å². The molecule has 0 saturated heterocycles. The largest absolute Gasteiger partial charge is 0.377 e. The molecule has 20 heavy (non-hydrogen) atoms. The predicted molar refractivity (Wildman–Crippen MR) is 81.7 cm³/mol. The molecule has 0 aromatic heterocycles. The lowest BCUT2D eigenvalue weighted by molar-refractivity contribution is 0.0279. The van der Waals surface area contributed by atoms with Gasteiger partial charge in [0.15, 0.2) is 0 Å². The fraction of sp³-hybridized carbons (Fsp3) is 1.00. The summed E-state index contributed by atoms with van der Waals surface area (Å²) in [5, 5.41) is 3.84. The van der Waals surface area contributed by atoms with Gasteiger partial charge in [-0.1, -0.05) is 25.7 Å². The molecule has 0 aromatic carbocycles. The van der Waals surface area contributed by atoms with Gasteiger partial charge in [-0.2, -0.15) is 0 Å². The van der Waals surface area contributed by atoms with Crippen molar-refractivity contribution < 1.29 is 4.74 Å². The molecule has 5 unspecified atom stereocenters. The Bertz CT molecular complexity index is 325. The number of hydrogen-bond donors (Lipinski definition) is 1. The normalized spacial score (nSPS) is 44.1. The fourth-order valence-electron chi connectivity index (χ4n) is 6.00. The average Bonchev–Trinajstić information content (AvgIpc) is 3.17. The van der Waals surface area contributed by atoms with Crippen LogP contribution in [0.2, 0.25) is 0 Å². The van der Waals surface area contributed by atoms with Crippen LogP contribution in [0.3, 0.4) is 0 Å². The molecular formula is C18H31NO.